The largest absolute Gasteiger partial charge is 0.460 e. The van der Waals surface area contributed by atoms with E-state index in [2.05, 4.69) is 6.58 Å². The first kappa shape index (κ1) is 21.6. The number of rotatable bonds is 9. The average Bonchev–Trinajstić information content (AvgIpc) is 2.58. The monoisotopic (exact) mass is 382 g/mol. The lowest BCUT2D eigenvalue weighted by atomic mass is 10.2. The Morgan fingerprint density at radius 3 is 2.35 bits per heavy atom. The number of aliphatic hydroxyl groups is 1. The Labute approximate surface area is 152 Å². The molecule has 0 amide bonds. The molecule has 7 nitrogen and oxygen atoms in total. The van der Waals surface area contributed by atoms with Crippen molar-refractivity contribution in [3.8, 4) is 0 Å². The van der Waals surface area contributed by atoms with Gasteiger partial charge in [-0.25, -0.2) is 18.0 Å². The molecule has 0 fully saturated rings. The van der Waals surface area contributed by atoms with E-state index in [-0.39, 0.29) is 17.1 Å². The van der Waals surface area contributed by atoms with Gasteiger partial charge >= 0.3 is 11.9 Å². The average molecular weight is 382 g/mol. The number of benzene rings is 1. The minimum Gasteiger partial charge on any atom is -0.460 e. The van der Waals surface area contributed by atoms with Crippen LogP contribution in [0, 0.1) is 6.92 Å². The van der Waals surface area contributed by atoms with Crippen LogP contribution in [0.25, 0.3) is 0 Å². The molecule has 1 aromatic rings. The van der Waals surface area contributed by atoms with E-state index in [0.717, 1.165) is 5.56 Å². The number of sulfone groups is 1. The minimum absolute atomic E-state index is 0.0768. The fourth-order valence-corrected chi connectivity index (χ4v) is 3.10. The predicted molar refractivity (Wildman–Crippen MR) is 95.1 cm³/mol. The van der Waals surface area contributed by atoms with Crippen LogP contribution in [0.1, 0.15) is 12.5 Å². The van der Waals surface area contributed by atoms with Crippen LogP contribution in [0.3, 0.4) is 0 Å². The van der Waals surface area contributed by atoms with Crippen molar-refractivity contribution in [1.29, 1.82) is 0 Å². The molecular formula is C18H22O7S. The Hall–Kier alpha value is -2.45. The summed E-state index contributed by atoms with van der Waals surface area (Å²) in [4.78, 5) is 23.0. The first-order valence-corrected chi connectivity index (χ1v) is 9.42. The lowest BCUT2D eigenvalue weighted by molar-refractivity contribution is -0.146. The number of carbonyl (C=O) groups is 2. The van der Waals surface area contributed by atoms with E-state index in [0.29, 0.717) is 0 Å². The standard InChI is InChI=1S/C18H22O7S/c1-4-5-17(20)24-10-15(19)11-25-18(21)14(3)12-26(22,23)16-8-6-13(2)7-9-16/h4-9,15,19H,3,10-12H2,1-2H3. The molecule has 1 atom stereocenters. The third kappa shape index (κ3) is 7.20. The second-order valence-electron chi connectivity index (χ2n) is 5.56. The molecule has 0 aromatic heterocycles. The molecule has 0 saturated carbocycles. The maximum atomic E-state index is 12.3. The summed E-state index contributed by atoms with van der Waals surface area (Å²) in [6.07, 6.45) is 1.43. The summed E-state index contributed by atoms with van der Waals surface area (Å²) < 4.78 is 34.0. The molecule has 142 valence electrons. The van der Waals surface area contributed by atoms with Crippen molar-refractivity contribution in [2.24, 2.45) is 0 Å². The molecule has 1 rings (SSSR count). The maximum absolute atomic E-state index is 12.3. The van der Waals surface area contributed by atoms with Gasteiger partial charge in [-0.05, 0) is 26.0 Å². The first-order chi connectivity index (χ1) is 12.2. The Morgan fingerprint density at radius 2 is 1.77 bits per heavy atom. The van der Waals surface area contributed by atoms with Gasteiger partial charge in [0.2, 0.25) is 0 Å². The molecule has 8 heteroatoms. The first-order valence-electron chi connectivity index (χ1n) is 7.77. The molecule has 0 aliphatic rings. The number of aryl methyl sites for hydroxylation is 1. The molecule has 1 N–H and O–H groups in total. The molecule has 0 heterocycles. The fourth-order valence-electron chi connectivity index (χ4n) is 1.80. The van der Waals surface area contributed by atoms with Crippen molar-refractivity contribution in [3.05, 3.63) is 54.1 Å². The van der Waals surface area contributed by atoms with Crippen LogP contribution in [0.15, 0.2) is 53.5 Å². The van der Waals surface area contributed by atoms with Crippen LogP contribution in [0.5, 0.6) is 0 Å². The van der Waals surface area contributed by atoms with Crippen molar-refractivity contribution in [1.82, 2.24) is 0 Å². The maximum Gasteiger partial charge on any atom is 0.334 e. The highest BCUT2D eigenvalue weighted by atomic mass is 32.2. The number of esters is 2. The van der Waals surface area contributed by atoms with Crippen LogP contribution in [0.2, 0.25) is 0 Å². The summed E-state index contributed by atoms with van der Waals surface area (Å²) in [7, 11) is -3.73. The summed E-state index contributed by atoms with van der Waals surface area (Å²) in [5, 5.41) is 9.61. The molecule has 0 bridgehead atoms. The van der Waals surface area contributed by atoms with E-state index in [1.54, 1.807) is 19.1 Å². The van der Waals surface area contributed by atoms with Gasteiger partial charge < -0.3 is 14.6 Å². The van der Waals surface area contributed by atoms with Crippen LogP contribution < -0.4 is 0 Å². The Kier molecular flexibility index (Phi) is 8.21. The summed E-state index contributed by atoms with van der Waals surface area (Å²) in [6.45, 7) is 6.08. The van der Waals surface area contributed by atoms with E-state index >= 15 is 0 Å². The zero-order valence-electron chi connectivity index (χ0n) is 14.7. The number of carbonyl (C=O) groups excluding carboxylic acids is 2. The van der Waals surface area contributed by atoms with Gasteiger partial charge in [-0.15, -0.1) is 0 Å². The summed E-state index contributed by atoms with van der Waals surface area (Å²) in [5.41, 5.74) is 0.648. The van der Waals surface area contributed by atoms with Crippen LogP contribution in [-0.2, 0) is 28.9 Å². The second-order valence-corrected chi connectivity index (χ2v) is 7.55. The smallest absolute Gasteiger partial charge is 0.334 e. The molecule has 1 aromatic carbocycles. The van der Waals surface area contributed by atoms with Crippen molar-refractivity contribution < 1.29 is 32.6 Å². The highest BCUT2D eigenvalue weighted by molar-refractivity contribution is 7.91. The zero-order valence-corrected chi connectivity index (χ0v) is 15.5. The van der Waals surface area contributed by atoms with Gasteiger partial charge in [-0.1, -0.05) is 30.4 Å². The zero-order chi connectivity index (χ0) is 19.7. The molecule has 0 aliphatic heterocycles. The lowest BCUT2D eigenvalue weighted by Gasteiger charge is -2.12. The van der Waals surface area contributed by atoms with Gasteiger partial charge in [0.15, 0.2) is 9.84 Å². The lowest BCUT2D eigenvalue weighted by Crippen LogP contribution is -2.26. The van der Waals surface area contributed by atoms with E-state index in [4.69, 9.17) is 9.47 Å². The SMILES string of the molecule is C=C(CS(=O)(=O)c1ccc(C)cc1)C(=O)OCC(O)COC(=O)C=CC. The van der Waals surface area contributed by atoms with E-state index in [1.165, 1.54) is 24.3 Å². The quantitative estimate of drug-likeness (QED) is 0.507. The molecule has 0 saturated heterocycles. The Balaban J connectivity index is 2.51. The number of aliphatic hydroxyl groups excluding tert-OH is 1. The highest BCUT2D eigenvalue weighted by Gasteiger charge is 2.21. The topological polar surface area (TPSA) is 107 Å². The normalized spacial score (nSPS) is 12.6. The van der Waals surface area contributed by atoms with Crippen molar-refractivity contribution >= 4 is 21.8 Å². The van der Waals surface area contributed by atoms with Gasteiger partial charge in [0, 0.05) is 11.6 Å². The summed E-state index contributed by atoms with van der Waals surface area (Å²) >= 11 is 0. The van der Waals surface area contributed by atoms with Gasteiger partial charge in [-0.3, -0.25) is 0 Å². The van der Waals surface area contributed by atoms with Crippen molar-refractivity contribution in [2.75, 3.05) is 19.0 Å². The minimum atomic E-state index is -3.73. The Morgan fingerprint density at radius 1 is 1.19 bits per heavy atom. The van der Waals surface area contributed by atoms with Gasteiger partial charge in [-0.2, -0.15) is 0 Å². The fraction of sp³-hybridized carbons (Fsp3) is 0.333. The Bertz CT molecular complexity index is 776. The van der Waals surface area contributed by atoms with Crippen LogP contribution >= 0.6 is 0 Å². The predicted octanol–water partition coefficient (Wildman–Crippen LogP) is 1.35. The molecule has 1 unspecified atom stereocenters. The van der Waals surface area contributed by atoms with E-state index in [9.17, 15) is 23.1 Å². The number of hydrogen-bond acceptors (Lipinski definition) is 7. The molecule has 0 radical (unpaired) electrons. The van der Waals surface area contributed by atoms with Gasteiger partial charge in [0.05, 0.1) is 10.6 Å². The number of allylic oxidation sites excluding steroid dienone is 1. The molecule has 0 spiro atoms. The molecule has 0 aliphatic carbocycles. The van der Waals surface area contributed by atoms with E-state index < -0.39 is 40.2 Å². The number of hydrogen-bond donors (Lipinski definition) is 1. The summed E-state index contributed by atoms with van der Waals surface area (Å²) in [6, 6.07) is 6.21. The van der Waals surface area contributed by atoms with Gasteiger partial charge in [0.1, 0.15) is 19.3 Å². The summed E-state index contributed by atoms with van der Waals surface area (Å²) in [5.74, 6) is -2.17. The van der Waals surface area contributed by atoms with Gasteiger partial charge in [0.25, 0.3) is 0 Å². The van der Waals surface area contributed by atoms with Crippen molar-refractivity contribution in [2.45, 2.75) is 24.8 Å². The molecule has 26 heavy (non-hydrogen) atoms. The third-order valence-corrected chi connectivity index (χ3v) is 4.88. The van der Waals surface area contributed by atoms with Crippen molar-refractivity contribution in [3.63, 3.8) is 0 Å². The second kappa shape index (κ2) is 9.88. The van der Waals surface area contributed by atoms with Crippen LogP contribution in [0.4, 0.5) is 0 Å². The van der Waals surface area contributed by atoms with E-state index in [1.807, 2.05) is 6.92 Å². The molecular weight excluding hydrogens is 360 g/mol. The third-order valence-electron chi connectivity index (χ3n) is 3.16. The number of ether oxygens (including phenoxy) is 2. The van der Waals surface area contributed by atoms with Crippen LogP contribution in [-0.4, -0.2) is 50.5 Å². The highest BCUT2D eigenvalue weighted by Crippen LogP contribution is 2.15.